The van der Waals surface area contributed by atoms with Gasteiger partial charge in [0.15, 0.2) is 0 Å². The first-order valence-corrected chi connectivity index (χ1v) is 5.47. The van der Waals surface area contributed by atoms with Gasteiger partial charge in [-0.2, -0.15) is 0 Å². The predicted molar refractivity (Wildman–Crippen MR) is 61.3 cm³/mol. The van der Waals surface area contributed by atoms with Gasteiger partial charge in [0.1, 0.15) is 0 Å². The molecular formula is C11H24N2O2. The molecule has 0 saturated heterocycles. The summed E-state index contributed by atoms with van der Waals surface area (Å²) in [7, 11) is 0. The Labute approximate surface area is 92.2 Å². The zero-order valence-corrected chi connectivity index (χ0v) is 10.2. The molecule has 4 heteroatoms. The van der Waals surface area contributed by atoms with E-state index in [1.807, 2.05) is 27.7 Å². The Balaban J connectivity index is 4.33. The molecule has 0 rings (SSSR count). The summed E-state index contributed by atoms with van der Waals surface area (Å²) in [6.07, 6.45) is 0.550. The summed E-state index contributed by atoms with van der Waals surface area (Å²) in [4.78, 5) is 11.8. The van der Waals surface area contributed by atoms with E-state index in [9.17, 15) is 4.79 Å². The van der Waals surface area contributed by atoms with Crippen molar-refractivity contribution in [1.82, 2.24) is 5.32 Å². The molecule has 0 aliphatic carbocycles. The molecule has 1 atom stereocenters. The number of nitrogens with one attached hydrogen (secondary N) is 1. The lowest BCUT2D eigenvalue weighted by Crippen LogP contribution is -2.49. The Morgan fingerprint density at radius 2 is 2.00 bits per heavy atom. The molecule has 0 radical (unpaired) electrons. The summed E-state index contributed by atoms with van der Waals surface area (Å²) < 4.78 is 0. The normalized spacial score (nSPS) is 14.1. The van der Waals surface area contributed by atoms with Crippen molar-refractivity contribution in [2.24, 2.45) is 17.6 Å². The Kier molecular flexibility index (Phi) is 5.83. The van der Waals surface area contributed by atoms with Gasteiger partial charge in [-0.15, -0.1) is 0 Å². The summed E-state index contributed by atoms with van der Waals surface area (Å²) in [5, 5.41) is 11.8. The second-order valence-electron chi connectivity index (χ2n) is 4.93. The SMILES string of the molecule is CC(C)C(CN)C(=O)NC(C)(C)CCO. The van der Waals surface area contributed by atoms with Crippen molar-refractivity contribution in [2.45, 2.75) is 39.7 Å². The van der Waals surface area contributed by atoms with Crippen LogP contribution in [0, 0.1) is 11.8 Å². The number of rotatable bonds is 6. The maximum atomic E-state index is 11.8. The summed E-state index contributed by atoms with van der Waals surface area (Å²) in [5.41, 5.74) is 5.19. The van der Waals surface area contributed by atoms with Gasteiger partial charge in [-0.1, -0.05) is 13.8 Å². The van der Waals surface area contributed by atoms with Gasteiger partial charge in [0.05, 0.1) is 5.92 Å². The lowest BCUT2D eigenvalue weighted by molar-refractivity contribution is -0.127. The van der Waals surface area contributed by atoms with E-state index < -0.39 is 0 Å². The number of carbonyl (C=O) groups excluding carboxylic acids is 1. The number of amides is 1. The molecular weight excluding hydrogens is 192 g/mol. The van der Waals surface area contributed by atoms with Crippen molar-refractivity contribution < 1.29 is 9.90 Å². The fourth-order valence-corrected chi connectivity index (χ4v) is 1.45. The number of hydrogen-bond donors (Lipinski definition) is 3. The van der Waals surface area contributed by atoms with Crippen LogP contribution in [-0.4, -0.2) is 29.7 Å². The minimum Gasteiger partial charge on any atom is -0.396 e. The molecule has 0 saturated carbocycles. The number of hydrogen-bond acceptors (Lipinski definition) is 3. The quantitative estimate of drug-likeness (QED) is 0.605. The van der Waals surface area contributed by atoms with Crippen LogP contribution in [0.5, 0.6) is 0 Å². The molecule has 0 aromatic rings. The lowest BCUT2D eigenvalue weighted by Gasteiger charge is -2.29. The number of nitrogens with two attached hydrogens (primary N) is 1. The van der Waals surface area contributed by atoms with Crippen LogP contribution in [0.3, 0.4) is 0 Å². The maximum absolute atomic E-state index is 11.8. The summed E-state index contributed by atoms with van der Waals surface area (Å²) in [6.45, 7) is 8.19. The zero-order valence-electron chi connectivity index (χ0n) is 10.2. The van der Waals surface area contributed by atoms with Gasteiger partial charge >= 0.3 is 0 Å². The fraction of sp³-hybridized carbons (Fsp3) is 0.909. The highest BCUT2D eigenvalue weighted by atomic mass is 16.3. The monoisotopic (exact) mass is 216 g/mol. The van der Waals surface area contributed by atoms with E-state index in [1.54, 1.807) is 0 Å². The van der Waals surface area contributed by atoms with Crippen LogP contribution in [-0.2, 0) is 4.79 Å². The molecule has 0 bridgehead atoms. The lowest BCUT2D eigenvalue weighted by atomic mass is 9.92. The largest absolute Gasteiger partial charge is 0.396 e. The third-order valence-corrected chi connectivity index (χ3v) is 2.59. The number of aliphatic hydroxyl groups excluding tert-OH is 1. The van der Waals surface area contributed by atoms with Crippen LogP contribution < -0.4 is 11.1 Å². The van der Waals surface area contributed by atoms with Crippen LogP contribution in [0.15, 0.2) is 0 Å². The van der Waals surface area contributed by atoms with Crippen LogP contribution in [0.1, 0.15) is 34.1 Å². The van der Waals surface area contributed by atoms with Crippen molar-refractivity contribution in [1.29, 1.82) is 0 Å². The van der Waals surface area contributed by atoms with Crippen LogP contribution >= 0.6 is 0 Å². The summed E-state index contributed by atoms with van der Waals surface area (Å²) >= 11 is 0. The predicted octanol–water partition coefficient (Wildman–Crippen LogP) is 0.495. The molecule has 0 spiro atoms. The number of carbonyl (C=O) groups is 1. The topological polar surface area (TPSA) is 75.4 Å². The van der Waals surface area contributed by atoms with Gasteiger partial charge in [-0.3, -0.25) is 4.79 Å². The average molecular weight is 216 g/mol. The average Bonchev–Trinajstić information content (AvgIpc) is 2.02. The second kappa shape index (κ2) is 6.08. The van der Waals surface area contributed by atoms with Crippen LogP contribution in [0.25, 0.3) is 0 Å². The van der Waals surface area contributed by atoms with Gasteiger partial charge in [0.2, 0.25) is 5.91 Å². The third-order valence-electron chi connectivity index (χ3n) is 2.59. The van der Waals surface area contributed by atoms with Crippen molar-refractivity contribution in [2.75, 3.05) is 13.2 Å². The van der Waals surface area contributed by atoms with E-state index in [0.717, 1.165) is 0 Å². The van der Waals surface area contributed by atoms with Gasteiger partial charge in [-0.25, -0.2) is 0 Å². The van der Waals surface area contributed by atoms with Crippen molar-refractivity contribution in [3.05, 3.63) is 0 Å². The van der Waals surface area contributed by atoms with E-state index in [0.29, 0.717) is 13.0 Å². The zero-order chi connectivity index (χ0) is 12.1. The van der Waals surface area contributed by atoms with E-state index in [4.69, 9.17) is 10.8 Å². The highest BCUT2D eigenvalue weighted by Gasteiger charge is 2.26. The molecule has 0 fully saturated rings. The first-order chi connectivity index (χ1) is 6.84. The standard InChI is InChI=1S/C11H24N2O2/c1-8(2)9(7-12)10(15)13-11(3,4)5-6-14/h8-9,14H,5-7,12H2,1-4H3,(H,13,15). The van der Waals surface area contributed by atoms with E-state index >= 15 is 0 Å². The van der Waals surface area contributed by atoms with E-state index in [2.05, 4.69) is 5.32 Å². The summed E-state index contributed by atoms with van der Waals surface area (Å²) in [5.74, 6) is 0.0637. The van der Waals surface area contributed by atoms with Crippen LogP contribution in [0.4, 0.5) is 0 Å². The Hall–Kier alpha value is -0.610. The molecule has 4 nitrogen and oxygen atoms in total. The van der Waals surface area contributed by atoms with Gasteiger partial charge in [0.25, 0.3) is 0 Å². The molecule has 1 unspecified atom stereocenters. The third kappa shape index (κ3) is 5.14. The van der Waals surface area contributed by atoms with E-state index in [-0.39, 0.29) is 29.9 Å². The second-order valence-corrected chi connectivity index (χ2v) is 4.93. The van der Waals surface area contributed by atoms with Crippen molar-refractivity contribution in [3.8, 4) is 0 Å². The van der Waals surface area contributed by atoms with Crippen LogP contribution in [0.2, 0.25) is 0 Å². The first kappa shape index (κ1) is 14.4. The van der Waals surface area contributed by atoms with Gasteiger partial charge < -0.3 is 16.2 Å². The van der Waals surface area contributed by atoms with Gasteiger partial charge in [-0.05, 0) is 26.2 Å². The first-order valence-electron chi connectivity index (χ1n) is 5.47. The molecule has 90 valence electrons. The molecule has 0 aromatic carbocycles. The highest BCUT2D eigenvalue weighted by molar-refractivity contribution is 5.79. The molecule has 15 heavy (non-hydrogen) atoms. The fourth-order valence-electron chi connectivity index (χ4n) is 1.45. The summed E-state index contributed by atoms with van der Waals surface area (Å²) in [6, 6.07) is 0. The minimum atomic E-state index is -0.367. The van der Waals surface area contributed by atoms with Crippen molar-refractivity contribution in [3.63, 3.8) is 0 Å². The molecule has 0 aliphatic rings. The Bertz CT molecular complexity index is 203. The maximum Gasteiger partial charge on any atom is 0.225 e. The number of aliphatic hydroxyl groups is 1. The highest BCUT2D eigenvalue weighted by Crippen LogP contribution is 2.13. The smallest absolute Gasteiger partial charge is 0.225 e. The molecule has 0 aliphatic heterocycles. The van der Waals surface area contributed by atoms with E-state index in [1.165, 1.54) is 0 Å². The molecule has 0 aromatic heterocycles. The molecule has 1 amide bonds. The molecule has 4 N–H and O–H groups in total. The van der Waals surface area contributed by atoms with Gasteiger partial charge in [0, 0.05) is 18.7 Å². The minimum absolute atomic E-state index is 0.0223. The molecule has 0 heterocycles. The Morgan fingerprint density at radius 3 is 2.33 bits per heavy atom. The Morgan fingerprint density at radius 1 is 1.47 bits per heavy atom. The van der Waals surface area contributed by atoms with Crippen molar-refractivity contribution >= 4 is 5.91 Å².